The molecule has 14 aliphatic carbocycles. The van der Waals surface area contributed by atoms with E-state index in [2.05, 4.69) is 171 Å². The summed E-state index contributed by atoms with van der Waals surface area (Å²) in [6.07, 6.45) is 41.1. The van der Waals surface area contributed by atoms with E-state index in [9.17, 15) is 4.79 Å². The summed E-state index contributed by atoms with van der Waals surface area (Å²) in [5.41, 5.74) is 7.79. The fraction of sp³-hybridized carbons (Fsp3) is 0.989. The molecule has 558 valence electrons. The van der Waals surface area contributed by atoms with Crippen LogP contribution in [0.3, 0.4) is 0 Å². The van der Waals surface area contributed by atoms with Crippen LogP contribution in [0.1, 0.15) is 436 Å². The van der Waals surface area contributed by atoms with E-state index in [1.54, 1.807) is 0 Å². The van der Waals surface area contributed by atoms with Crippen LogP contribution in [-0.2, 0) is 4.79 Å². The van der Waals surface area contributed by atoms with Crippen molar-refractivity contribution in [1.29, 1.82) is 0 Å². The SMILES string of the molecule is C.CC.CC.CC.CC.CC.CC.CC(C)C12CC(C(C)C)(C1)C2.CC(C)C12CCC(C(C)C)(C1)C2.CC(C)C12CCC(C(C)C)(CC1)C2.CC(C)C12CCC(C(C)C)(CC1)CC2.CC(C)C12CCC(C(C)C)(CC1)N(C)C2=O.CC(C)C12CCCC(C(C)C)(CC1)C2. The Hall–Kier alpha value is -0.530. The Morgan fingerprint density at radius 3 is 0.591 bits per heavy atom. The van der Waals surface area contributed by atoms with Gasteiger partial charge in [-0.15, -0.1) is 0 Å². The molecule has 2 atom stereocenters. The fourth-order valence-corrected chi connectivity index (χ4v) is 22.8. The smallest absolute Gasteiger partial charge is 0.229 e. The van der Waals surface area contributed by atoms with Crippen LogP contribution in [0.15, 0.2) is 0 Å². The van der Waals surface area contributed by atoms with Crippen LogP contribution in [-0.4, -0.2) is 23.4 Å². The number of carbonyl (C=O) groups excluding carboxylic acids is 1. The number of amides is 1. The molecule has 2 heterocycles. The predicted molar refractivity (Wildman–Crippen MR) is 424 cm³/mol. The number of hydrogen-bond acceptors (Lipinski definition) is 1. The molecule has 93 heavy (non-hydrogen) atoms. The summed E-state index contributed by atoms with van der Waals surface area (Å²) < 4.78 is 0. The Bertz CT molecular complexity index is 1880. The van der Waals surface area contributed by atoms with Crippen LogP contribution in [0.2, 0.25) is 0 Å². The zero-order valence-corrected chi connectivity index (χ0v) is 71.1. The number of nitrogens with zero attached hydrogens (tertiary/aromatic N) is 1. The lowest BCUT2D eigenvalue weighted by Gasteiger charge is -2.75. The molecule has 14 saturated carbocycles. The Balaban J connectivity index is 0.00000106. The van der Waals surface area contributed by atoms with Crippen molar-refractivity contribution in [3.05, 3.63) is 0 Å². The van der Waals surface area contributed by atoms with Crippen LogP contribution in [0.25, 0.3) is 0 Å². The lowest BCUT2D eigenvalue weighted by Crippen LogP contribution is -2.67. The van der Waals surface area contributed by atoms with Crippen LogP contribution in [0, 0.1) is 131 Å². The standard InChI is InChI=1S/C14H25NO.2C14H26.C13H24.C12H22.C11H20.6C2H6.CH4/c1-10(2)13-6-8-14(9-7-13,11(3)4)15(5)12(13)16;1-11(2)13-5-8-14(9-6-13,10-7-13)12(3)4;1-11(2)13-6-5-7-14(10-13,9-8-13)12(3)4;1-10(2)12-5-7-13(9-12,8-6-12)11(3)4;1-9(2)11-5-6-12(7-11,8-11)10(3)4;1-8(2)10-5-11(6-10,7-10)9(3)4;6*1-2;/h10-11H,6-9H2,1-5H3;2*11-12H,5-10H2,1-4H3;10-11H,5-9H2,1-4H3;9-10H,5-8H2,1-4H3;8-9H,5-7H2,1-4H3;6*1-2H3;1H4. The molecule has 2 unspecified atom stereocenters. The molecule has 0 aromatic rings. The minimum atomic E-state index is -0.0363. The maximum absolute atomic E-state index is 12.6. The third-order valence-electron chi connectivity index (χ3n) is 32.0. The molecule has 0 aromatic carbocycles. The Morgan fingerprint density at radius 2 is 0.409 bits per heavy atom. The van der Waals surface area contributed by atoms with E-state index in [0.29, 0.717) is 17.7 Å². The highest BCUT2D eigenvalue weighted by Crippen LogP contribution is 2.79. The molecule has 0 N–H and O–H groups in total. The van der Waals surface area contributed by atoms with Crippen molar-refractivity contribution in [3.8, 4) is 0 Å². The zero-order chi connectivity index (χ0) is 71.9. The lowest BCUT2D eigenvalue weighted by atomic mass is 9.30. The van der Waals surface area contributed by atoms with Crippen LogP contribution in [0.5, 0.6) is 0 Å². The molecular formula is C91H183NO. The molecule has 0 spiro atoms. The second kappa shape index (κ2) is 37.4. The molecule has 12 bridgehead atoms. The van der Waals surface area contributed by atoms with Crippen LogP contribution >= 0.6 is 0 Å². The van der Waals surface area contributed by atoms with Gasteiger partial charge in [-0.25, -0.2) is 0 Å². The molecule has 16 rings (SSSR count). The lowest BCUT2D eigenvalue weighted by molar-refractivity contribution is -0.252. The third kappa shape index (κ3) is 18.2. The van der Waals surface area contributed by atoms with Gasteiger partial charge in [0.2, 0.25) is 5.91 Å². The molecule has 2 heteroatoms. The van der Waals surface area contributed by atoms with Crippen molar-refractivity contribution in [3.63, 3.8) is 0 Å². The van der Waals surface area contributed by atoms with Gasteiger partial charge in [0, 0.05) is 12.6 Å². The molecule has 1 amide bonds. The van der Waals surface area contributed by atoms with Crippen molar-refractivity contribution in [1.82, 2.24) is 4.90 Å². The van der Waals surface area contributed by atoms with E-state index < -0.39 is 0 Å². The highest BCUT2D eigenvalue weighted by Gasteiger charge is 2.69. The van der Waals surface area contributed by atoms with Crippen LogP contribution in [0.4, 0.5) is 0 Å². The van der Waals surface area contributed by atoms with Gasteiger partial charge in [0.1, 0.15) is 0 Å². The van der Waals surface area contributed by atoms with E-state index in [1.165, 1.54) is 167 Å². The number of hydrogen-bond donors (Lipinski definition) is 0. The average Bonchev–Trinajstić information content (AvgIpc) is 1.61. The van der Waals surface area contributed by atoms with E-state index in [-0.39, 0.29) is 18.4 Å². The average molecular weight is 1310 g/mol. The highest BCUT2D eigenvalue weighted by molar-refractivity contribution is 5.85. The highest BCUT2D eigenvalue weighted by atomic mass is 16.2. The Labute approximate surface area is 592 Å². The summed E-state index contributed by atoms with van der Waals surface area (Å²) >= 11 is 0. The van der Waals surface area contributed by atoms with Crippen molar-refractivity contribution in [2.24, 2.45) is 131 Å². The summed E-state index contributed by atoms with van der Waals surface area (Å²) in [5, 5.41) is 0. The molecular weight excluding hydrogens is 1120 g/mol. The van der Waals surface area contributed by atoms with Gasteiger partial charge in [-0.2, -0.15) is 0 Å². The van der Waals surface area contributed by atoms with Crippen molar-refractivity contribution in [2.45, 2.75) is 442 Å². The van der Waals surface area contributed by atoms with Gasteiger partial charge in [0.05, 0.1) is 5.41 Å². The Morgan fingerprint density at radius 1 is 0.226 bits per heavy atom. The molecule has 0 aromatic heterocycles. The number of piperidine rings is 2. The second-order valence-electron chi connectivity index (χ2n) is 37.2. The summed E-state index contributed by atoms with van der Waals surface area (Å²) in [6.45, 7) is 81.4. The van der Waals surface area contributed by atoms with Gasteiger partial charge in [-0.05, 0) is 299 Å². The number of rotatable bonds is 12. The van der Waals surface area contributed by atoms with E-state index in [0.717, 1.165) is 126 Å². The van der Waals surface area contributed by atoms with Gasteiger partial charge in [0.25, 0.3) is 0 Å². The summed E-state index contributed by atoms with van der Waals surface area (Å²) in [5.74, 6) is 10.6. The zero-order valence-electron chi connectivity index (χ0n) is 71.1. The normalized spacial score (nSPS) is 37.5. The van der Waals surface area contributed by atoms with Crippen molar-refractivity contribution >= 4 is 5.91 Å². The topological polar surface area (TPSA) is 20.3 Å². The van der Waals surface area contributed by atoms with Crippen LogP contribution < -0.4 is 0 Å². The Kier molecular flexibility index (Phi) is 37.2. The molecule has 2 nitrogen and oxygen atoms in total. The summed E-state index contributed by atoms with van der Waals surface area (Å²) in [6, 6.07) is 0. The van der Waals surface area contributed by atoms with Gasteiger partial charge >= 0.3 is 0 Å². The van der Waals surface area contributed by atoms with Gasteiger partial charge in [0.15, 0.2) is 0 Å². The third-order valence-corrected chi connectivity index (χ3v) is 32.0. The van der Waals surface area contributed by atoms with E-state index in [1.807, 2.05) is 90.1 Å². The summed E-state index contributed by atoms with van der Waals surface area (Å²) in [7, 11) is 2.03. The first-order chi connectivity index (χ1) is 42.9. The minimum absolute atomic E-state index is 0. The van der Waals surface area contributed by atoms with Crippen molar-refractivity contribution < 1.29 is 4.79 Å². The van der Waals surface area contributed by atoms with Gasteiger partial charge in [-0.1, -0.05) is 263 Å². The minimum Gasteiger partial charge on any atom is -0.339 e. The predicted octanol–water partition coefficient (Wildman–Crippen LogP) is 30.7. The molecule has 16 aliphatic rings. The molecule has 2 aliphatic heterocycles. The van der Waals surface area contributed by atoms with Gasteiger partial charge < -0.3 is 4.90 Å². The second-order valence-corrected chi connectivity index (χ2v) is 37.2. The van der Waals surface area contributed by atoms with E-state index >= 15 is 0 Å². The summed E-state index contributed by atoms with van der Waals surface area (Å²) in [4.78, 5) is 14.7. The fourth-order valence-electron chi connectivity index (χ4n) is 22.8. The maximum atomic E-state index is 12.6. The van der Waals surface area contributed by atoms with Crippen molar-refractivity contribution in [2.75, 3.05) is 7.05 Å². The number of fused-ring (bicyclic) bond motifs is 11. The molecule has 16 fully saturated rings. The largest absolute Gasteiger partial charge is 0.339 e. The first kappa shape index (κ1) is 92.5. The van der Waals surface area contributed by atoms with Gasteiger partial charge in [-0.3, -0.25) is 4.79 Å². The first-order valence-electron chi connectivity index (χ1n) is 42.2. The first-order valence-corrected chi connectivity index (χ1v) is 42.2. The quantitative estimate of drug-likeness (QED) is 0.191. The molecule has 0 radical (unpaired) electrons. The molecule has 2 saturated heterocycles. The van der Waals surface area contributed by atoms with E-state index in [4.69, 9.17) is 0 Å². The monoisotopic (exact) mass is 1310 g/mol. The number of carbonyl (C=O) groups is 1. The maximum Gasteiger partial charge on any atom is 0.229 e.